The Hall–Kier alpha value is -0.713. The molecule has 0 fully saturated rings. The van der Waals surface area contributed by atoms with Gasteiger partial charge in [-0.25, -0.2) is 0 Å². The molecular formula is C17H28O2SSi. The molecule has 0 saturated heterocycles. The fourth-order valence-corrected chi connectivity index (χ4v) is 4.19. The highest BCUT2D eigenvalue weighted by Gasteiger charge is 2.38. The van der Waals surface area contributed by atoms with Crippen LogP contribution < -0.4 is 0 Å². The fourth-order valence-electron chi connectivity index (χ4n) is 1.64. The molecule has 0 bridgehead atoms. The number of hydrogen-bond donors (Lipinski definition) is 0. The second-order valence-electron chi connectivity index (χ2n) is 6.98. The Morgan fingerprint density at radius 3 is 2.24 bits per heavy atom. The molecule has 0 aliphatic carbocycles. The lowest BCUT2D eigenvalue weighted by molar-refractivity contribution is 0.246. The minimum Gasteiger partial charge on any atom is -0.410 e. The number of hydrogen-bond acceptors (Lipinski definition) is 2. The van der Waals surface area contributed by atoms with Gasteiger partial charge in [-0.1, -0.05) is 44.5 Å². The van der Waals surface area contributed by atoms with Gasteiger partial charge in [0.25, 0.3) is 0 Å². The Balaban J connectivity index is 2.77. The van der Waals surface area contributed by atoms with E-state index in [1.807, 2.05) is 31.2 Å². The van der Waals surface area contributed by atoms with E-state index in [-0.39, 0.29) is 11.1 Å². The molecule has 2 atom stereocenters. The average molecular weight is 325 g/mol. The molecule has 0 aromatic heterocycles. The summed E-state index contributed by atoms with van der Waals surface area (Å²) in [6.45, 7) is 16.9. The van der Waals surface area contributed by atoms with Gasteiger partial charge < -0.3 is 4.43 Å². The van der Waals surface area contributed by atoms with Crippen molar-refractivity contribution in [3.63, 3.8) is 0 Å². The van der Waals surface area contributed by atoms with Crippen LogP contribution in [0.2, 0.25) is 18.1 Å². The van der Waals surface area contributed by atoms with Crippen molar-refractivity contribution in [3.8, 4) is 0 Å². The smallest absolute Gasteiger partial charge is 0.192 e. The topological polar surface area (TPSA) is 26.3 Å². The van der Waals surface area contributed by atoms with E-state index in [9.17, 15) is 4.21 Å². The van der Waals surface area contributed by atoms with Crippen molar-refractivity contribution in [2.45, 2.75) is 56.8 Å². The molecule has 0 spiro atoms. The van der Waals surface area contributed by atoms with Crippen LogP contribution in [0.4, 0.5) is 0 Å². The fraction of sp³-hybridized carbons (Fsp3) is 0.529. The Labute approximate surface area is 133 Å². The first-order valence-corrected chi connectivity index (χ1v) is 11.5. The van der Waals surface area contributed by atoms with E-state index in [2.05, 4.69) is 40.4 Å². The lowest BCUT2D eigenvalue weighted by Crippen LogP contribution is -2.44. The molecule has 1 rings (SSSR count). The molecule has 0 saturated carbocycles. The summed E-state index contributed by atoms with van der Waals surface area (Å²) in [6.07, 6.45) is 1.63. The molecule has 0 heterocycles. The van der Waals surface area contributed by atoms with Crippen molar-refractivity contribution in [2.24, 2.45) is 0 Å². The van der Waals surface area contributed by atoms with E-state index < -0.39 is 19.1 Å². The van der Waals surface area contributed by atoms with Crippen LogP contribution in [0.1, 0.15) is 26.3 Å². The molecule has 4 heteroatoms. The summed E-state index contributed by atoms with van der Waals surface area (Å²) in [7, 11) is -2.93. The van der Waals surface area contributed by atoms with E-state index in [0.717, 1.165) is 4.90 Å². The molecule has 21 heavy (non-hydrogen) atoms. The van der Waals surface area contributed by atoms with Gasteiger partial charge in [0.05, 0.1) is 22.7 Å². The molecule has 118 valence electrons. The van der Waals surface area contributed by atoms with Crippen LogP contribution in [-0.4, -0.2) is 24.4 Å². The van der Waals surface area contributed by atoms with Gasteiger partial charge in [0.1, 0.15) is 0 Å². The standard InChI is InChI=1S/C17H28O2SSi/c1-8-15(19-21(6,7)17(3,4)5)13-20(18)16-11-9-14(2)10-12-16/h8-12,15H,1,13H2,2-7H3/t15-,20?/m0/s1. The Morgan fingerprint density at radius 2 is 1.81 bits per heavy atom. The van der Waals surface area contributed by atoms with E-state index in [1.54, 1.807) is 6.08 Å². The van der Waals surface area contributed by atoms with Crippen LogP contribution >= 0.6 is 0 Å². The van der Waals surface area contributed by atoms with E-state index >= 15 is 0 Å². The third kappa shape index (κ3) is 5.20. The molecule has 1 aromatic carbocycles. The zero-order valence-electron chi connectivity index (χ0n) is 14.1. The van der Waals surface area contributed by atoms with Crippen molar-refractivity contribution >= 4 is 19.1 Å². The number of rotatable bonds is 6. The maximum atomic E-state index is 12.5. The summed E-state index contributed by atoms with van der Waals surface area (Å²) in [6, 6.07) is 7.84. The Kier molecular flexibility index (Phi) is 6.14. The number of aryl methyl sites for hydroxylation is 1. The maximum Gasteiger partial charge on any atom is 0.192 e. The highest BCUT2D eigenvalue weighted by atomic mass is 32.2. The first-order valence-electron chi connectivity index (χ1n) is 7.32. The second-order valence-corrected chi connectivity index (χ2v) is 13.2. The predicted molar refractivity (Wildman–Crippen MR) is 94.7 cm³/mol. The minimum atomic E-state index is -1.87. The van der Waals surface area contributed by atoms with Crippen LogP contribution in [0.5, 0.6) is 0 Å². The van der Waals surface area contributed by atoms with Crippen molar-refractivity contribution in [2.75, 3.05) is 5.75 Å². The summed E-state index contributed by atoms with van der Waals surface area (Å²) in [5.74, 6) is 0.471. The normalized spacial score (nSPS) is 15.5. The van der Waals surface area contributed by atoms with Gasteiger partial charge in [0, 0.05) is 4.90 Å². The molecule has 0 aliphatic rings. The van der Waals surface area contributed by atoms with Gasteiger partial charge in [-0.05, 0) is 37.2 Å². The molecule has 0 amide bonds. The highest BCUT2D eigenvalue weighted by Crippen LogP contribution is 2.37. The van der Waals surface area contributed by atoms with Crippen LogP contribution in [0.3, 0.4) is 0 Å². The Bertz CT molecular complexity index is 501. The molecule has 1 aromatic rings. The van der Waals surface area contributed by atoms with E-state index in [0.29, 0.717) is 5.75 Å². The largest absolute Gasteiger partial charge is 0.410 e. The van der Waals surface area contributed by atoms with Crippen LogP contribution in [0.15, 0.2) is 41.8 Å². The summed E-state index contributed by atoms with van der Waals surface area (Å²) < 4.78 is 18.8. The van der Waals surface area contributed by atoms with Gasteiger partial charge >= 0.3 is 0 Å². The molecule has 0 radical (unpaired) electrons. The van der Waals surface area contributed by atoms with E-state index in [4.69, 9.17) is 4.43 Å². The molecule has 1 unspecified atom stereocenters. The van der Waals surface area contributed by atoms with Crippen LogP contribution in [0, 0.1) is 6.92 Å². The Morgan fingerprint density at radius 1 is 1.29 bits per heavy atom. The third-order valence-electron chi connectivity index (χ3n) is 4.11. The van der Waals surface area contributed by atoms with Crippen molar-refractivity contribution < 1.29 is 8.63 Å². The molecule has 0 N–H and O–H groups in total. The second kappa shape index (κ2) is 7.03. The quantitative estimate of drug-likeness (QED) is 0.561. The van der Waals surface area contributed by atoms with Gasteiger partial charge in [-0.3, -0.25) is 4.21 Å². The first kappa shape index (κ1) is 18.3. The summed E-state index contributed by atoms with van der Waals surface area (Å²) >= 11 is 0. The van der Waals surface area contributed by atoms with Crippen LogP contribution in [-0.2, 0) is 15.2 Å². The zero-order chi connectivity index (χ0) is 16.3. The van der Waals surface area contributed by atoms with Gasteiger partial charge in [-0.15, -0.1) is 6.58 Å². The summed E-state index contributed by atoms with van der Waals surface area (Å²) in [4.78, 5) is 0.853. The van der Waals surface area contributed by atoms with Gasteiger partial charge in [0.2, 0.25) is 0 Å². The van der Waals surface area contributed by atoms with Crippen molar-refractivity contribution in [1.82, 2.24) is 0 Å². The molecule has 0 aliphatic heterocycles. The monoisotopic (exact) mass is 324 g/mol. The van der Waals surface area contributed by atoms with Crippen molar-refractivity contribution in [1.29, 1.82) is 0 Å². The maximum absolute atomic E-state index is 12.5. The predicted octanol–water partition coefficient (Wildman–Crippen LogP) is 4.68. The zero-order valence-corrected chi connectivity index (χ0v) is 15.9. The highest BCUT2D eigenvalue weighted by molar-refractivity contribution is 7.85. The van der Waals surface area contributed by atoms with E-state index in [1.165, 1.54) is 5.56 Å². The lowest BCUT2D eigenvalue weighted by atomic mass is 10.2. The third-order valence-corrected chi connectivity index (χ3v) is 10.0. The van der Waals surface area contributed by atoms with Gasteiger partial charge in [-0.2, -0.15) is 0 Å². The van der Waals surface area contributed by atoms with Crippen LogP contribution in [0.25, 0.3) is 0 Å². The molecule has 2 nitrogen and oxygen atoms in total. The van der Waals surface area contributed by atoms with Crippen molar-refractivity contribution in [3.05, 3.63) is 42.5 Å². The summed E-state index contributed by atoms with van der Waals surface area (Å²) in [5.41, 5.74) is 1.17. The minimum absolute atomic E-state index is 0.139. The summed E-state index contributed by atoms with van der Waals surface area (Å²) in [5, 5.41) is 0.139. The average Bonchev–Trinajstić information content (AvgIpc) is 2.37. The van der Waals surface area contributed by atoms with Gasteiger partial charge in [0.15, 0.2) is 8.32 Å². The SMILES string of the molecule is C=C[C@@H](CS(=O)c1ccc(C)cc1)O[Si](C)(C)C(C)(C)C. The first-order chi connectivity index (χ1) is 9.56. The lowest BCUT2D eigenvalue weighted by Gasteiger charge is -2.38. The number of benzene rings is 1. The molecular weight excluding hydrogens is 296 g/mol.